The van der Waals surface area contributed by atoms with Crippen LogP contribution in [-0.2, 0) is 0 Å². The molecule has 0 spiro atoms. The van der Waals surface area contributed by atoms with E-state index in [1.165, 1.54) is 12.8 Å². The Morgan fingerprint density at radius 1 is 1.15 bits per heavy atom. The van der Waals surface area contributed by atoms with Gasteiger partial charge in [0, 0.05) is 12.1 Å². The summed E-state index contributed by atoms with van der Waals surface area (Å²) in [4.78, 5) is 9.20. The van der Waals surface area contributed by atoms with E-state index in [-0.39, 0.29) is 12.1 Å². The summed E-state index contributed by atoms with van der Waals surface area (Å²) in [5.41, 5.74) is 8.56. The molecule has 20 heavy (non-hydrogen) atoms. The van der Waals surface area contributed by atoms with Crippen LogP contribution >= 0.6 is 0 Å². The molecule has 0 unspecified atom stereocenters. The molecule has 2 aliphatic carbocycles. The van der Waals surface area contributed by atoms with E-state index >= 15 is 0 Å². The first kappa shape index (κ1) is 12.1. The molecule has 106 valence electrons. The average molecular weight is 273 g/mol. The van der Waals surface area contributed by atoms with Crippen molar-refractivity contribution in [2.45, 2.75) is 56.6 Å². The summed E-state index contributed by atoms with van der Waals surface area (Å²) in [5.74, 6) is 1.03. The molecule has 6 nitrogen and oxygen atoms in total. The topological polar surface area (TPSA) is 89.8 Å². The average Bonchev–Trinajstić information content (AvgIpc) is 3.25. The van der Waals surface area contributed by atoms with Crippen LogP contribution in [0.5, 0.6) is 0 Å². The maximum atomic E-state index is 9.64. The van der Waals surface area contributed by atoms with Crippen molar-refractivity contribution in [1.29, 1.82) is 0 Å². The van der Waals surface area contributed by atoms with Crippen molar-refractivity contribution >= 4 is 17.0 Å². The fraction of sp³-hybridized carbons (Fsp3) is 0.643. The Morgan fingerprint density at radius 3 is 2.60 bits per heavy atom. The van der Waals surface area contributed by atoms with E-state index in [0.717, 1.165) is 37.0 Å². The largest absolute Gasteiger partial charge is 0.393 e. The Bertz CT molecular complexity index is 640. The SMILES string of the molecule is Nc1nn([C@H]2CC[C@@H](O)CC2)c2nc(C3CC3)cnc12. The number of aliphatic hydroxyl groups is 1. The van der Waals surface area contributed by atoms with E-state index in [4.69, 9.17) is 10.7 Å². The van der Waals surface area contributed by atoms with Gasteiger partial charge in [0.2, 0.25) is 0 Å². The number of hydrogen-bond donors (Lipinski definition) is 2. The van der Waals surface area contributed by atoms with E-state index in [0.29, 0.717) is 17.3 Å². The monoisotopic (exact) mass is 273 g/mol. The van der Waals surface area contributed by atoms with Crippen molar-refractivity contribution in [2.75, 3.05) is 5.73 Å². The number of fused-ring (bicyclic) bond motifs is 1. The van der Waals surface area contributed by atoms with Gasteiger partial charge in [0.1, 0.15) is 0 Å². The normalized spacial score (nSPS) is 27.1. The fourth-order valence-electron chi connectivity index (χ4n) is 3.08. The Balaban J connectivity index is 1.75. The van der Waals surface area contributed by atoms with Crippen molar-refractivity contribution < 1.29 is 5.11 Å². The van der Waals surface area contributed by atoms with E-state index < -0.39 is 0 Å². The number of nitrogen functional groups attached to an aromatic ring is 1. The summed E-state index contributed by atoms with van der Waals surface area (Å²) < 4.78 is 1.94. The molecule has 6 heteroatoms. The zero-order valence-corrected chi connectivity index (χ0v) is 11.4. The van der Waals surface area contributed by atoms with Gasteiger partial charge in [-0.1, -0.05) is 0 Å². The Morgan fingerprint density at radius 2 is 1.90 bits per heavy atom. The molecule has 0 radical (unpaired) electrons. The van der Waals surface area contributed by atoms with Gasteiger partial charge >= 0.3 is 0 Å². The van der Waals surface area contributed by atoms with Crippen LogP contribution in [0.4, 0.5) is 5.82 Å². The number of rotatable bonds is 2. The molecule has 2 fully saturated rings. The minimum atomic E-state index is -0.168. The molecule has 0 aliphatic heterocycles. The molecule has 2 heterocycles. The smallest absolute Gasteiger partial charge is 0.179 e. The highest BCUT2D eigenvalue weighted by Crippen LogP contribution is 2.39. The predicted molar refractivity (Wildman–Crippen MR) is 75.2 cm³/mol. The van der Waals surface area contributed by atoms with Crippen LogP contribution in [0.25, 0.3) is 11.2 Å². The second-order valence-electron chi connectivity index (χ2n) is 6.03. The van der Waals surface area contributed by atoms with Crippen LogP contribution in [0.15, 0.2) is 6.20 Å². The highest BCUT2D eigenvalue weighted by atomic mass is 16.3. The molecule has 2 aromatic rings. The zero-order valence-electron chi connectivity index (χ0n) is 11.4. The van der Waals surface area contributed by atoms with Gasteiger partial charge in [-0.2, -0.15) is 5.10 Å². The lowest BCUT2D eigenvalue weighted by atomic mass is 9.93. The number of nitrogens with zero attached hydrogens (tertiary/aromatic N) is 4. The van der Waals surface area contributed by atoms with Crippen molar-refractivity contribution in [3.05, 3.63) is 11.9 Å². The lowest BCUT2D eigenvalue weighted by molar-refractivity contribution is 0.109. The zero-order chi connectivity index (χ0) is 13.7. The van der Waals surface area contributed by atoms with Crippen molar-refractivity contribution in [3.63, 3.8) is 0 Å². The number of nitrogens with two attached hydrogens (primary N) is 1. The molecular weight excluding hydrogens is 254 g/mol. The number of anilines is 1. The summed E-state index contributed by atoms with van der Waals surface area (Å²) in [6.07, 6.45) is 7.58. The highest BCUT2D eigenvalue weighted by Gasteiger charge is 2.28. The lowest BCUT2D eigenvalue weighted by Gasteiger charge is -2.25. The van der Waals surface area contributed by atoms with E-state index in [9.17, 15) is 5.11 Å². The second kappa shape index (κ2) is 4.41. The molecule has 0 saturated heterocycles. The minimum absolute atomic E-state index is 0.168. The first-order chi connectivity index (χ1) is 9.72. The van der Waals surface area contributed by atoms with Crippen LogP contribution in [0.1, 0.15) is 56.2 Å². The van der Waals surface area contributed by atoms with Crippen LogP contribution < -0.4 is 5.73 Å². The third-order valence-corrected chi connectivity index (χ3v) is 4.46. The molecule has 0 aromatic carbocycles. The van der Waals surface area contributed by atoms with Crippen LogP contribution in [0.2, 0.25) is 0 Å². The first-order valence-electron chi connectivity index (χ1n) is 7.41. The quantitative estimate of drug-likeness (QED) is 0.870. The van der Waals surface area contributed by atoms with Gasteiger partial charge < -0.3 is 10.8 Å². The van der Waals surface area contributed by atoms with Gasteiger partial charge in [-0.05, 0) is 38.5 Å². The summed E-state index contributed by atoms with van der Waals surface area (Å²) >= 11 is 0. The number of aliphatic hydroxyl groups excluding tert-OH is 1. The van der Waals surface area contributed by atoms with Crippen molar-refractivity contribution in [2.24, 2.45) is 0 Å². The maximum Gasteiger partial charge on any atom is 0.179 e. The molecule has 2 aliphatic rings. The van der Waals surface area contributed by atoms with E-state index in [2.05, 4.69) is 10.1 Å². The summed E-state index contributed by atoms with van der Waals surface area (Å²) in [6, 6.07) is 0.280. The highest BCUT2D eigenvalue weighted by molar-refractivity contribution is 5.82. The van der Waals surface area contributed by atoms with Gasteiger partial charge in [-0.25, -0.2) is 14.6 Å². The minimum Gasteiger partial charge on any atom is -0.393 e. The Kier molecular flexibility index (Phi) is 2.66. The molecule has 0 bridgehead atoms. The van der Waals surface area contributed by atoms with Gasteiger partial charge in [0.15, 0.2) is 17.0 Å². The molecule has 2 aromatic heterocycles. The van der Waals surface area contributed by atoms with Gasteiger partial charge in [0.05, 0.1) is 17.8 Å². The molecular formula is C14H19N5O. The molecule has 2 saturated carbocycles. The van der Waals surface area contributed by atoms with Gasteiger partial charge in [-0.3, -0.25) is 0 Å². The third kappa shape index (κ3) is 1.95. The Hall–Kier alpha value is -1.69. The fourth-order valence-corrected chi connectivity index (χ4v) is 3.08. The van der Waals surface area contributed by atoms with E-state index in [1.807, 2.05) is 10.9 Å². The van der Waals surface area contributed by atoms with Crippen LogP contribution in [0, 0.1) is 0 Å². The first-order valence-corrected chi connectivity index (χ1v) is 7.41. The maximum absolute atomic E-state index is 9.64. The van der Waals surface area contributed by atoms with Crippen molar-refractivity contribution in [3.8, 4) is 0 Å². The standard InChI is InChI=1S/C14H19N5O/c15-13-12-14(17-11(7-16-12)8-1-2-8)19(18-13)9-3-5-10(20)6-4-9/h7-10,20H,1-6H2,(H2,15,18)/t9-,10+. The lowest BCUT2D eigenvalue weighted by Crippen LogP contribution is -2.22. The summed E-state index contributed by atoms with van der Waals surface area (Å²) in [5, 5.41) is 14.1. The van der Waals surface area contributed by atoms with E-state index in [1.54, 1.807) is 0 Å². The Labute approximate surface area is 117 Å². The molecule has 0 atom stereocenters. The second-order valence-corrected chi connectivity index (χ2v) is 6.03. The predicted octanol–water partition coefficient (Wildman–Crippen LogP) is 1.76. The third-order valence-electron chi connectivity index (χ3n) is 4.46. The van der Waals surface area contributed by atoms with Gasteiger partial charge in [-0.15, -0.1) is 0 Å². The number of aromatic nitrogens is 4. The molecule has 4 rings (SSSR count). The van der Waals surface area contributed by atoms with Gasteiger partial charge in [0.25, 0.3) is 0 Å². The molecule has 0 amide bonds. The van der Waals surface area contributed by atoms with Crippen molar-refractivity contribution in [1.82, 2.24) is 19.7 Å². The summed E-state index contributed by atoms with van der Waals surface area (Å²) in [6.45, 7) is 0. The number of hydrogen-bond acceptors (Lipinski definition) is 5. The summed E-state index contributed by atoms with van der Waals surface area (Å²) in [7, 11) is 0. The molecule has 3 N–H and O–H groups in total. The van der Waals surface area contributed by atoms with Crippen LogP contribution in [0.3, 0.4) is 0 Å². The van der Waals surface area contributed by atoms with Crippen LogP contribution in [-0.4, -0.2) is 31.0 Å².